The summed E-state index contributed by atoms with van der Waals surface area (Å²) in [4.78, 5) is 13.4. The molecular weight excluding hydrogens is 496 g/mol. The molecule has 0 bridgehead atoms. The van der Waals surface area contributed by atoms with Gasteiger partial charge in [-0.1, -0.05) is 72.3 Å². The number of rotatable bonds is 10. The Bertz CT molecular complexity index is 1500. The zero-order valence-corrected chi connectivity index (χ0v) is 22.7. The van der Waals surface area contributed by atoms with Crippen LogP contribution in [0.3, 0.4) is 0 Å². The number of nitrogens with zero attached hydrogens (tertiary/aromatic N) is 1. The Kier molecular flexibility index (Phi) is 8.48. The Morgan fingerprint density at radius 2 is 1.50 bits per heavy atom. The van der Waals surface area contributed by atoms with E-state index in [4.69, 9.17) is 4.74 Å². The number of ether oxygens (including phenoxy) is 1. The highest BCUT2D eigenvalue weighted by Crippen LogP contribution is 2.29. The molecule has 4 aromatic carbocycles. The van der Waals surface area contributed by atoms with Gasteiger partial charge in [0.15, 0.2) is 0 Å². The Morgan fingerprint density at radius 3 is 2.24 bits per heavy atom. The number of anilines is 1. The van der Waals surface area contributed by atoms with Crippen molar-refractivity contribution in [1.29, 1.82) is 0 Å². The topological polar surface area (TPSA) is 75.7 Å². The van der Waals surface area contributed by atoms with Gasteiger partial charge in [0, 0.05) is 0 Å². The first-order chi connectivity index (χ1) is 18.3. The van der Waals surface area contributed by atoms with Gasteiger partial charge in [-0.15, -0.1) is 0 Å². The highest BCUT2D eigenvalue weighted by Gasteiger charge is 2.28. The van der Waals surface area contributed by atoms with E-state index in [-0.39, 0.29) is 36.1 Å². The normalized spacial score (nSPS) is 11.1. The quantitative estimate of drug-likeness (QED) is 0.263. The van der Waals surface area contributed by atoms with E-state index < -0.39 is 10.0 Å². The molecule has 0 heterocycles. The van der Waals surface area contributed by atoms with Crippen LogP contribution in [0.15, 0.2) is 102 Å². The van der Waals surface area contributed by atoms with Gasteiger partial charge in [-0.2, -0.15) is 0 Å². The van der Waals surface area contributed by atoms with E-state index in [2.05, 4.69) is 5.32 Å². The number of para-hydroxylation sites is 1. The molecule has 0 atom stereocenters. The molecule has 1 N–H and O–H groups in total. The van der Waals surface area contributed by atoms with Gasteiger partial charge in [-0.25, -0.2) is 8.42 Å². The number of benzene rings is 4. The van der Waals surface area contributed by atoms with Crippen molar-refractivity contribution in [2.75, 3.05) is 17.5 Å². The molecule has 0 aliphatic carbocycles. The van der Waals surface area contributed by atoms with E-state index in [9.17, 15) is 13.2 Å². The van der Waals surface area contributed by atoms with E-state index >= 15 is 0 Å². The number of hydrogen-bond acceptors (Lipinski definition) is 4. The van der Waals surface area contributed by atoms with Crippen molar-refractivity contribution in [3.63, 3.8) is 0 Å². The first kappa shape index (κ1) is 26.9. The fraction of sp³-hybridized carbons (Fsp3) is 0.194. The summed E-state index contributed by atoms with van der Waals surface area (Å²) in [5.74, 6) is 0.403. The third-order valence-corrected chi connectivity index (χ3v) is 8.17. The second-order valence-corrected chi connectivity index (χ2v) is 11.0. The van der Waals surface area contributed by atoms with Crippen molar-refractivity contribution >= 4 is 21.6 Å². The lowest BCUT2D eigenvalue weighted by atomic mass is 10.1. The van der Waals surface area contributed by atoms with Crippen LogP contribution in [-0.4, -0.2) is 27.5 Å². The van der Waals surface area contributed by atoms with Crippen molar-refractivity contribution < 1.29 is 17.9 Å². The average molecular weight is 529 g/mol. The maximum atomic E-state index is 13.9. The highest BCUT2D eigenvalue weighted by atomic mass is 32.2. The fourth-order valence-corrected chi connectivity index (χ4v) is 5.54. The van der Waals surface area contributed by atoms with Crippen LogP contribution in [0.4, 0.5) is 5.69 Å². The summed E-state index contributed by atoms with van der Waals surface area (Å²) in [5.41, 5.74) is 4.54. The molecule has 0 radical (unpaired) electrons. The minimum Gasteiger partial charge on any atom is -0.491 e. The van der Waals surface area contributed by atoms with E-state index in [0.29, 0.717) is 5.69 Å². The van der Waals surface area contributed by atoms with Crippen molar-refractivity contribution in [3.05, 3.63) is 125 Å². The smallest absolute Gasteiger partial charge is 0.264 e. The highest BCUT2D eigenvalue weighted by molar-refractivity contribution is 7.92. The summed E-state index contributed by atoms with van der Waals surface area (Å²) in [7, 11) is -3.97. The van der Waals surface area contributed by atoms with Gasteiger partial charge in [-0.05, 0) is 67.8 Å². The molecule has 196 valence electrons. The monoisotopic (exact) mass is 528 g/mol. The van der Waals surface area contributed by atoms with Gasteiger partial charge in [0.05, 0.1) is 29.2 Å². The van der Waals surface area contributed by atoms with Crippen LogP contribution < -0.4 is 14.4 Å². The summed E-state index contributed by atoms with van der Waals surface area (Å²) in [6, 6.07) is 28.7. The summed E-state index contributed by atoms with van der Waals surface area (Å²) in [6.07, 6.45) is 0. The third kappa shape index (κ3) is 6.23. The Labute approximate surface area is 225 Å². The Morgan fingerprint density at radius 1 is 0.816 bits per heavy atom. The maximum Gasteiger partial charge on any atom is 0.264 e. The van der Waals surface area contributed by atoms with Crippen molar-refractivity contribution in [2.24, 2.45) is 0 Å². The van der Waals surface area contributed by atoms with Crippen LogP contribution in [0.1, 0.15) is 32.6 Å². The van der Waals surface area contributed by atoms with Crippen molar-refractivity contribution in [2.45, 2.75) is 32.2 Å². The Hall–Kier alpha value is -4.10. The van der Waals surface area contributed by atoms with Gasteiger partial charge in [0.25, 0.3) is 15.9 Å². The fourth-order valence-electron chi connectivity index (χ4n) is 4.07. The van der Waals surface area contributed by atoms with E-state index in [1.165, 1.54) is 4.31 Å². The molecular formula is C31H32N2O4S. The summed E-state index contributed by atoms with van der Waals surface area (Å²) in [5, 5.41) is 2.88. The molecule has 0 unspecified atom stereocenters. The first-order valence-corrected chi connectivity index (χ1v) is 13.9. The number of carbonyl (C=O) groups excluding carboxylic acids is 1. The molecule has 0 aliphatic rings. The van der Waals surface area contributed by atoms with Crippen LogP contribution >= 0.6 is 0 Å². The second kappa shape index (κ2) is 12.0. The molecule has 38 heavy (non-hydrogen) atoms. The SMILES string of the molecule is Cc1ccc(S(=O)(=O)N(Cc2ccccc2)c2ccccc2C(=O)NCCOc2cccc(C)c2C)cc1. The zero-order chi connectivity index (χ0) is 27.1. The summed E-state index contributed by atoms with van der Waals surface area (Å²) in [6.45, 7) is 6.55. The standard InChI is InChI=1S/C31H32N2O4S/c1-23-16-18-27(19-17-23)38(35,36)33(22-26-11-5-4-6-12-26)29-14-8-7-13-28(29)31(34)32-20-21-37-30-15-9-10-24(2)25(30)3/h4-19H,20-22H2,1-3H3,(H,32,34). The predicted molar refractivity (Wildman–Crippen MR) is 151 cm³/mol. The molecule has 0 aliphatic heterocycles. The molecule has 0 saturated carbocycles. The minimum absolute atomic E-state index is 0.0804. The van der Waals surface area contributed by atoms with Gasteiger partial charge in [-0.3, -0.25) is 9.10 Å². The lowest BCUT2D eigenvalue weighted by molar-refractivity contribution is 0.0947. The molecule has 0 aromatic heterocycles. The molecule has 1 amide bonds. The van der Waals surface area contributed by atoms with Crippen LogP contribution in [-0.2, 0) is 16.6 Å². The summed E-state index contributed by atoms with van der Waals surface area (Å²) < 4.78 is 34.9. The summed E-state index contributed by atoms with van der Waals surface area (Å²) >= 11 is 0. The molecule has 4 rings (SSSR count). The van der Waals surface area contributed by atoms with E-state index in [1.807, 2.05) is 69.3 Å². The number of carbonyl (C=O) groups is 1. The van der Waals surface area contributed by atoms with Crippen molar-refractivity contribution in [3.8, 4) is 5.75 Å². The van der Waals surface area contributed by atoms with Crippen molar-refractivity contribution in [1.82, 2.24) is 5.32 Å². The van der Waals surface area contributed by atoms with Crippen LogP contribution in [0.5, 0.6) is 5.75 Å². The number of hydrogen-bond donors (Lipinski definition) is 1. The van der Waals surface area contributed by atoms with Crippen LogP contribution in [0.25, 0.3) is 0 Å². The van der Waals surface area contributed by atoms with Gasteiger partial charge >= 0.3 is 0 Å². The van der Waals surface area contributed by atoms with Gasteiger partial charge in [0.1, 0.15) is 12.4 Å². The largest absolute Gasteiger partial charge is 0.491 e. The first-order valence-electron chi connectivity index (χ1n) is 12.5. The third-order valence-electron chi connectivity index (χ3n) is 6.40. The molecule has 4 aromatic rings. The number of sulfonamides is 1. The second-order valence-electron chi connectivity index (χ2n) is 9.13. The predicted octanol–water partition coefficient (Wildman–Crippen LogP) is 5.82. The minimum atomic E-state index is -3.97. The zero-order valence-electron chi connectivity index (χ0n) is 21.8. The Balaban J connectivity index is 1.59. The lowest BCUT2D eigenvalue weighted by Crippen LogP contribution is -2.34. The van der Waals surface area contributed by atoms with E-state index in [0.717, 1.165) is 28.0 Å². The average Bonchev–Trinajstić information content (AvgIpc) is 2.92. The van der Waals surface area contributed by atoms with E-state index in [1.54, 1.807) is 48.5 Å². The molecule has 0 fully saturated rings. The molecule has 0 spiro atoms. The molecule has 7 heteroatoms. The van der Waals surface area contributed by atoms with Gasteiger partial charge in [0.2, 0.25) is 0 Å². The molecule has 6 nitrogen and oxygen atoms in total. The number of nitrogens with one attached hydrogen (secondary N) is 1. The number of aryl methyl sites for hydroxylation is 2. The van der Waals surface area contributed by atoms with Crippen LogP contribution in [0.2, 0.25) is 0 Å². The molecule has 0 saturated heterocycles. The lowest BCUT2D eigenvalue weighted by Gasteiger charge is -2.26. The number of amides is 1. The maximum absolute atomic E-state index is 13.9. The van der Waals surface area contributed by atoms with Gasteiger partial charge < -0.3 is 10.1 Å². The van der Waals surface area contributed by atoms with Crippen LogP contribution in [0, 0.1) is 20.8 Å².